The molecule has 0 saturated carbocycles. The molecule has 0 spiro atoms. The van der Waals surface area contributed by atoms with Crippen LogP contribution in [0.15, 0.2) is 53.3 Å². The van der Waals surface area contributed by atoms with Crippen molar-refractivity contribution < 1.29 is 0 Å². The summed E-state index contributed by atoms with van der Waals surface area (Å²) in [6.45, 7) is 2.07. The summed E-state index contributed by atoms with van der Waals surface area (Å²) in [5.41, 5.74) is 1.84. The summed E-state index contributed by atoms with van der Waals surface area (Å²) in [5.74, 6) is 0.0742. The van der Waals surface area contributed by atoms with E-state index in [1.807, 2.05) is 18.2 Å². The number of aromatic amines is 2. The third-order valence-electron chi connectivity index (χ3n) is 3.54. The van der Waals surface area contributed by atoms with E-state index in [-0.39, 0.29) is 11.5 Å². The molecule has 1 heterocycles. The Morgan fingerprint density at radius 1 is 1.05 bits per heavy atom. The average molecular weight is 282 g/mol. The Hall–Kier alpha value is -2.20. The molecular weight excluding hydrogens is 268 g/mol. The second kappa shape index (κ2) is 5.06. The van der Waals surface area contributed by atoms with E-state index >= 15 is 0 Å². The van der Waals surface area contributed by atoms with E-state index < -0.39 is 0 Å². The van der Waals surface area contributed by atoms with Crippen LogP contribution in [0.1, 0.15) is 24.1 Å². The number of fused-ring (bicyclic) bond motifs is 1. The molecule has 1 unspecified atom stereocenters. The highest BCUT2D eigenvalue weighted by atomic mass is 32.1. The van der Waals surface area contributed by atoms with Crippen molar-refractivity contribution in [3.05, 3.63) is 74.9 Å². The fourth-order valence-electron chi connectivity index (χ4n) is 2.52. The predicted octanol–water partition coefficient (Wildman–Crippen LogP) is 3.74. The zero-order valence-electron chi connectivity index (χ0n) is 11.0. The maximum absolute atomic E-state index is 11.6. The molecule has 2 aromatic carbocycles. The van der Waals surface area contributed by atoms with E-state index in [0.717, 1.165) is 5.69 Å². The number of benzene rings is 2. The van der Waals surface area contributed by atoms with Gasteiger partial charge in [-0.3, -0.25) is 9.78 Å². The quantitative estimate of drug-likeness (QED) is 0.703. The van der Waals surface area contributed by atoms with Crippen LogP contribution in [0.3, 0.4) is 0 Å². The van der Waals surface area contributed by atoms with Crippen LogP contribution < -0.4 is 5.56 Å². The minimum atomic E-state index is -0.171. The molecule has 1 atom stereocenters. The number of hydrogen-bond acceptors (Lipinski definition) is 2. The molecule has 0 amide bonds. The highest BCUT2D eigenvalue weighted by molar-refractivity contribution is 7.71. The normalized spacial score (nSPS) is 12.4. The van der Waals surface area contributed by atoms with Gasteiger partial charge >= 0.3 is 0 Å². The second-order valence-corrected chi connectivity index (χ2v) is 5.24. The molecule has 1 aromatic heterocycles. The van der Waals surface area contributed by atoms with Crippen LogP contribution in [0.5, 0.6) is 0 Å². The van der Waals surface area contributed by atoms with Crippen LogP contribution in [-0.2, 0) is 0 Å². The summed E-state index contributed by atoms with van der Waals surface area (Å²) in [7, 11) is 0. The van der Waals surface area contributed by atoms with Crippen molar-refractivity contribution in [3.8, 4) is 0 Å². The largest absolute Gasteiger partial charge is 0.335 e. The van der Waals surface area contributed by atoms with E-state index in [2.05, 4.69) is 41.2 Å². The lowest BCUT2D eigenvalue weighted by Gasteiger charge is -2.14. The number of hydrogen-bond donors (Lipinski definition) is 2. The van der Waals surface area contributed by atoms with Crippen LogP contribution >= 0.6 is 12.2 Å². The van der Waals surface area contributed by atoms with Crippen LogP contribution in [0.25, 0.3) is 10.8 Å². The number of H-pyrrole nitrogens is 2. The first-order valence-electron chi connectivity index (χ1n) is 6.46. The maximum atomic E-state index is 11.6. The number of aromatic nitrogens is 2. The van der Waals surface area contributed by atoms with Gasteiger partial charge in [-0.1, -0.05) is 49.4 Å². The van der Waals surface area contributed by atoms with Gasteiger partial charge in [0.05, 0.1) is 0 Å². The minimum absolute atomic E-state index is 0.0742. The first-order valence-corrected chi connectivity index (χ1v) is 6.87. The predicted molar refractivity (Wildman–Crippen MR) is 83.7 cm³/mol. The molecule has 3 rings (SSSR count). The van der Waals surface area contributed by atoms with E-state index in [1.165, 1.54) is 16.3 Å². The van der Waals surface area contributed by atoms with Gasteiger partial charge in [0.2, 0.25) is 0 Å². The third-order valence-corrected chi connectivity index (χ3v) is 3.74. The molecule has 20 heavy (non-hydrogen) atoms. The Balaban J connectivity index is 2.20. The Labute approximate surface area is 121 Å². The molecule has 0 fully saturated rings. The first kappa shape index (κ1) is 12.8. The van der Waals surface area contributed by atoms with Crippen molar-refractivity contribution in [2.24, 2.45) is 0 Å². The van der Waals surface area contributed by atoms with Crippen molar-refractivity contribution in [2.45, 2.75) is 12.8 Å². The Morgan fingerprint density at radius 3 is 2.60 bits per heavy atom. The standard InChI is InChI=1S/C16H14N2OS/c1-10(14-9-15(19)18-16(20)17-14)12-8-4-6-11-5-2-3-7-13(11)12/h2-10H,1H3,(H2,17,18,19,20). The molecule has 0 saturated heterocycles. The van der Waals surface area contributed by atoms with Gasteiger partial charge in [0, 0.05) is 17.7 Å². The van der Waals surface area contributed by atoms with Gasteiger partial charge in [-0.25, -0.2) is 0 Å². The highest BCUT2D eigenvalue weighted by Gasteiger charge is 2.12. The van der Waals surface area contributed by atoms with Crippen molar-refractivity contribution >= 4 is 23.0 Å². The SMILES string of the molecule is CC(c1cc(=O)[nH]c(=S)[nH]1)c1cccc2ccccc12. The van der Waals surface area contributed by atoms with Gasteiger partial charge < -0.3 is 4.98 Å². The van der Waals surface area contributed by atoms with E-state index in [0.29, 0.717) is 4.77 Å². The third kappa shape index (κ3) is 2.30. The minimum Gasteiger partial charge on any atom is -0.335 e. The first-order chi connectivity index (χ1) is 9.65. The molecule has 0 aliphatic carbocycles. The second-order valence-electron chi connectivity index (χ2n) is 4.83. The van der Waals surface area contributed by atoms with Crippen molar-refractivity contribution in [1.82, 2.24) is 9.97 Å². The molecule has 0 bridgehead atoms. The Kier molecular flexibility index (Phi) is 3.24. The highest BCUT2D eigenvalue weighted by Crippen LogP contribution is 2.28. The van der Waals surface area contributed by atoms with E-state index in [4.69, 9.17) is 12.2 Å². The van der Waals surface area contributed by atoms with Gasteiger partial charge in [-0.15, -0.1) is 0 Å². The smallest absolute Gasteiger partial charge is 0.251 e. The monoisotopic (exact) mass is 282 g/mol. The maximum Gasteiger partial charge on any atom is 0.251 e. The lowest BCUT2D eigenvalue weighted by Crippen LogP contribution is -2.11. The van der Waals surface area contributed by atoms with Crippen LogP contribution in [0.4, 0.5) is 0 Å². The van der Waals surface area contributed by atoms with Crippen LogP contribution in [0, 0.1) is 4.77 Å². The topological polar surface area (TPSA) is 48.6 Å². The van der Waals surface area contributed by atoms with E-state index in [9.17, 15) is 4.79 Å². The zero-order valence-corrected chi connectivity index (χ0v) is 11.8. The van der Waals surface area contributed by atoms with Gasteiger partial charge in [-0.2, -0.15) is 0 Å². The van der Waals surface area contributed by atoms with Crippen LogP contribution in [0.2, 0.25) is 0 Å². The molecule has 2 N–H and O–H groups in total. The molecule has 3 nitrogen and oxygen atoms in total. The fraction of sp³-hybridized carbons (Fsp3) is 0.125. The summed E-state index contributed by atoms with van der Waals surface area (Å²) in [6.07, 6.45) is 0. The van der Waals surface area contributed by atoms with Gasteiger partial charge in [0.1, 0.15) is 0 Å². The van der Waals surface area contributed by atoms with Crippen LogP contribution in [-0.4, -0.2) is 9.97 Å². The lowest BCUT2D eigenvalue weighted by molar-refractivity contribution is 0.853. The van der Waals surface area contributed by atoms with Crippen molar-refractivity contribution in [3.63, 3.8) is 0 Å². The summed E-state index contributed by atoms with van der Waals surface area (Å²) in [4.78, 5) is 17.2. The summed E-state index contributed by atoms with van der Waals surface area (Å²) in [5, 5.41) is 2.39. The van der Waals surface area contributed by atoms with Crippen molar-refractivity contribution in [2.75, 3.05) is 0 Å². The van der Waals surface area contributed by atoms with Gasteiger partial charge in [-0.05, 0) is 28.6 Å². The molecule has 0 aliphatic rings. The molecule has 100 valence electrons. The van der Waals surface area contributed by atoms with E-state index in [1.54, 1.807) is 6.07 Å². The molecule has 3 aromatic rings. The molecule has 4 heteroatoms. The van der Waals surface area contributed by atoms with Gasteiger partial charge in [0.25, 0.3) is 5.56 Å². The summed E-state index contributed by atoms with van der Waals surface area (Å²) >= 11 is 5.04. The summed E-state index contributed by atoms with van der Waals surface area (Å²) in [6, 6.07) is 16.0. The van der Waals surface area contributed by atoms with Crippen molar-refractivity contribution in [1.29, 1.82) is 0 Å². The van der Waals surface area contributed by atoms with Gasteiger partial charge in [0.15, 0.2) is 4.77 Å². The number of nitrogens with one attached hydrogen (secondary N) is 2. The average Bonchev–Trinajstić information content (AvgIpc) is 2.45. The molecule has 0 radical (unpaired) electrons. The zero-order chi connectivity index (χ0) is 14.1. The molecular formula is C16H14N2OS. The fourth-order valence-corrected chi connectivity index (χ4v) is 2.73. The lowest BCUT2D eigenvalue weighted by atomic mass is 9.92. The number of rotatable bonds is 2. The summed E-state index contributed by atoms with van der Waals surface area (Å²) < 4.78 is 0.361. The Bertz CT molecular complexity index is 846. The molecule has 0 aliphatic heterocycles. The Morgan fingerprint density at radius 2 is 1.80 bits per heavy atom.